The molecular weight excluding hydrogens is 162 g/mol. The Morgan fingerprint density at radius 3 is 2.77 bits per heavy atom. The maximum absolute atomic E-state index is 4.32. The van der Waals surface area contributed by atoms with Crippen LogP contribution >= 0.6 is 0 Å². The molecule has 0 aliphatic carbocycles. The standard InChI is InChI=1S/C10H13N3/c1-2-5-9(6-3-1)13-10-11-7-4-8-12-10/h1-3,5-6H,4,7-8H2,(H2,11,12,13). The molecule has 0 saturated heterocycles. The number of guanidine groups is 1. The molecule has 0 fully saturated rings. The predicted molar refractivity (Wildman–Crippen MR) is 55.0 cm³/mol. The maximum atomic E-state index is 4.32. The third-order valence-electron chi connectivity index (χ3n) is 1.93. The molecule has 13 heavy (non-hydrogen) atoms. The summed E-state index contributed by atoms with van der Waals surface area (Å²) in [4.78, 5) is 4.32. The summed E-state index contributed by atoms with van der Waals surface area (Å²) in [5, 5.41) is 6.43. The van der Waals surface area contributed by atoms with E-state index in [0.29, 0.717) is 0 Å². The maximum Gasteiger partial charge on any atom is 0.195 e. The fraction of sp³-hybridized carbons (Fsp3) is 0.300. The molecule has 1 aromatic rings. The highest BCUT2D eigenvalue weighted by Crippen LogP contribution is 2.05. The molecule has 0 saturated carbocycles. The van der Waals surface area contributed by atoms with Gasteiger partial charge in [0.05, 0.1) is 0 Å². The summed E-state index contributed by atoms with van der Waals surface area (Å²) in [7, 11) is 0. The monoisotopic (exact) mass is 175 g/mol. The predicted octanol–water partition coefficient (Wildman–Crippen LogP) is 1.45. The fourth-order valence-corrected chi connectivity index (χ4v) is 1.27. The first kappa shape index (κ1) is 8.10. The first-order valence-electron chi connectivity index (χ1n) is 4.55. The van der Waals surface area contributed by atoms with Crippen LogP contribution < -0.4 is 10.6 Å². The number of rotatable bonds is 1. The second-order valence-corrected chi connectivity index (χ2v) is 3.00. The van der Waals surface area contributed by atoms with Crippen LogP contribution in [0.3, 0.4) is 0 Å². The molecule has 0 spiro atoms. The molecule has 0 atom stereocenters. The Bertz CT molecular complexity index is 292. The lowest BCUT2D eigenvalue weighted by Gasteiger charge is -2.15. The zero-order valence-electron chi connectivity index (χ0n) is 7.46. The first-order valence-corrected chi connectivity index (χ1v) is 4.55. The average Bonchev–Trinajstić information content (AvgIpc) is 2.21. The second-order valence-electron chi connectivity index (χ2n) is 3.00. The highest BCUT2D eigenvalue weighted by atomic mass is 15.2. The van der Waals surface area contributed by atoms with Crippen molar-refractivity contribution in [3.63, 3.8) is 0 Å². The SMILES string of the molecule is c1ccc(NC2=NCCCN2)cc1. The minimum absolute atomic E-state index is 0.887. The van der Waals surface area contributed by atoms with E-state index in [1.807, 2.05) is 30.3 Å². The van der Waals surface area contributed by atoms with Crippen LogP contribution in [0.25, 0.3) is 0 Å². The largest absolute Gasteiger partial charge is 0.356 e. The number of hydrogen-bond donors (Lipinski definition) is 2. The number of nitrogens with zero attached hydrogens (tertiary/aromatic N) is 1. The van der Waals surface area contributed by atoms with Crippen LogP contribution in [-0.2, 0) is 0 Å². The Kier molecular flexibility index (Phi) is 2.45. The third kappa shape index (κ3) is 2.21. The number of hydrogen-bond acceptors (Lipinski definition) is 3. The molecule has 0 bridgehead atoms. The van der Waals surface area contributed by atoms with E-state index in [-0.39, 0.29) is 0 Å². The molecule has 0 amide bonds. The number of nitrogens with one attached hydrogen (secondary N) is 2. The number of anilines is 1. The summed E-state index contributed by atoms with van der Waals surface area (Å²) in [6.45, 7) is 1.93. The van der Waals surface area contributed by atoms with Crippen molar-refractivity contribution >= 4 is 11.6 Å². The molecular formula is C10H13N3. The van der Waals surface area contributed by atoms with Gasteiger partial charge < -0.3 is 10.6 Å². The Morgan fingerprint density at radius 1 is 1.23 bits per heavy atom. The summed E-state index contributed by atoms with van der Waals surface area (Å²) >= 11 is 0. The van der Waals surface area contributed by atoms with Gasteiger partial charge in [-0.25, -0.2) is 0 Å². The molecule has 1 aliphatic heterocycles. The quantitative estimate of drug-likeness (QED) is 0.677. The fourth-order valence-electron chi connectivity index (χ4n) is 1.27. The van der Waals surface area contributed by atoms with Gasteiger partial charge in [-0.1, -0.05) is 18.2 Å². The van der Waals surface area contributed by atoms with E-state index < -0.39 is 0 Å². The summed E-state index contributed by atoms with van der Waals surface area (Å²) in [6, 6.07) is 10.1. The van der Waals surface area contributed by atoms with Crippen molar-refractivity contribution in [3.8, 4) is 0 Å². The van der Waals surface area contributed by atoms with Gasteiger partial charge in [0.1, 0.15) is 0 Å². The molecule has 68 valence electrons. The van der Waals surface area contributed by atoms with Gasteiger partial charge in [0.25, 0.3) is 0 Å². The Balaban J connectivity index is 2.01. The molecule has 0 unspecified atom stereocenters. The molecule has 1 aromatic carbocycles. The van der Waals surface area contributed by atoms with E-state index >= 15 is 0 Å². The van der Waals surface area contributed by atoms with Crippen molar-refractivity contribution in [3.05, 3.63) is 30.3 Å². The van der Waals surface area contributed by atoms with Crippen molar-refractivity contribution in [2.24, 2.45) is 4.99 Å². The normalized spacial score (nSPS) is 15.8. The molecule has 3 nitrogen and oxygen atoms in total. The van der Waals surface area contributed by atoms with Gasteiger partial charge in [-0.2, -0.15) is 0 Å². The molecule has 1 aliphatic rings. The van der Waals surface area contributed by atoms with Crippen molar-refractivity contribution in [2.75, 3.05) is 18.4 Å². The Hall–Kier alpha value is -1.51. The lowest BCUT2D eigenvalue weighted by atomic mass is 10.3. The van der Waals surface area contributed by atoms with Gasteiger partial charge in [-0.05, 0) is 18.6 Å². The van der Waals surface area contributed by atoms with Crippen molar-refractivity contribution in [2.45, 2.75) is 6.42 Å². The first-order chi connectivity index (χ1) is 6.45. The molecule has 1 heterocycles. The second kappa shape index (κ2) is 3.94. The van der Waals surface area contributed by atoms with Crippen molar-refractivity contribution < 1.29 is 0 Å². The zero-order valence-corrected chi connectivity index (χ0v) is 7.46. The number of para-hydroxylation sites is 1. The molecule has 0 aromatic heterocycles. The van der Waals surface area contributed by atoms with E-state index in [1.165, 1.54) is 0 Å². The van der Waals surface area contributed by atoms with Gasteiger partial charge >= 0.3 is 0 Å². The van der Waals surface area contributed by atoms with Gasteiger partial charge in [0.15, 0.2) is 5.96 Å². The summed E-state index contributed by atoms with van der Waals surface area (Å²) in [5.41, 5.74) is 1.08. The lowest BCUT2D eigenvalue weighted by Crippen LogP contribution is -2.35. The van der Waals surface area contributed by atoms with Gasteiger partial charge in [0.2, 0.25) is 0 Å². The Morgan fingerprint density at radius 2 is 2.08 bits per heavy atom. The lowest BCUT2D eigenvalue weighted by molar-refractivity contribution is 0.740. The highest BCUT2D eigenvalue weighted by Gasteiger charge is 2.02. The Labute approximate surface area is 77.9 Å². The molecule has 2 N–H and O–H groups in total. The van der Waals surface area contributed by atoms with E-state index in [0.717, 1.165) is 31.2 Å². The minimum Gasteiger partial charge on any atom is -0.356 e. The van der Waals surface area contributed by atoms with E-state index in [9.17, 15) is 0 Å². The van der Waals surface area contributed by atoms with Crippen molar-refractivity contribution in [1.29, 1.82) is 0 Å². The van der Waals surface area contributed by atoms with Crippen LogP contribution in [0.15, 0.2) is 35.3 Å². The summed E-state index contributed by atoms with van der Waals surface area (Å²) in [6.07, 6.45) is 1.12. The van der Waals surface area contributed by atoms with E-state index in [2.05, 4.69) is 15.6 Å². The van der Waals surface area contributed by atoms with Crippen molar-refractivity contribution in [1.82, 2.24) is 5.32 Å². The van der Waals surface area contributed by atoms with Crippen LogP contribution in [0.4, 0.5) is 5.69 Å². The minimum atomic E-state index is 0.887. The number of benzene rings is 1. The van der Waals surface area contributed by atoms with E-state index in [1.54, 1.807) is 0 Å². The van der Waals surface area contributed by atoms with Crippen LogP contribution in [0, 0.1) is 0 Å². The van der Waals surface area contributed by atoms with Crippen LogP contribution in [-0.4, -0.2) is 19.0 Å². The zero-order chi connectivity index (χ0) is 8.93. The van der Waals surface area contributed by atoms with Gasteiger partial charge in [-0.3, -0.25) is 4.99 Å². The molecule has 2 rings (SSSR count). The van der Waals surface area contributed by atoms with Crippen LogP contribution in [0.5, 0.6) is 0 Å². The van der Waals surface area contributed by atoms with Crippen LogP contribution in [0.2, 0.25) is 0 Å². The van der Waals surface area contributed by atoms with Crippen LogP contribution in [0.1, 0.15) is 6.42 Å². The third-order valence-corrected chi connectivity index (χ3v) is 1.93. The molecule has 0 radical (unpaired) electrons. The smallest absolute Gasteiger partial charge is 0.195 e. The highest BCUT2D eigenvalue weighted by molar-refractivity contribution is 5.93. The van der Waals surface area contributed by atoms with Gasteiger partial charge in [0, 0.05) is 18.8 Å². The molecule has 3 heteroatoms. The van der Waals surface area contributed by atoms with Gasteiger partial charge in [-0.15, -0.1) is 0 Å². The summed E-state index contributed by atoms with van der Waals surface area (Å²) < 4.78 is 0. The average molecular weight is 175 g/mol. The summed E-state index contributed by atoms with van der Waals surface area (Å²) in [5.74, 6) is 0.887. The van der Waals surface area contributed by atoms with E-state index in [4.69, 9.17) is 0 Å². The topological polar surface area (TPSA) is 36.4 Å². The number of aliphatic imine (C=N–C) groups is 1.